The molecular weight excluding hydrogens is 250 g/mol. The highest BCUT2D eigenvalue weighted by atomic mass is 16.6. The number of nitrogens with two attached hydrogens (primary N) is 1. The van der Waals surface area contributed by atoms with Gasteiger partial charge in [-0.2, -0.15) is 0 Å². The Morgan fingerprint density at radius 3 is 2.11 bits per heavy atom. The van der Waals surface area contributed by atoms with Crippen molar-refractivity contribution >= 4 is 12.3 Å². The van der Waals surface area contributed by atoms with E-state index in [1.807, 2.05) is 0 Å². The van der Waals surface area contributed by atoms with E-state index in [1.165, 1.54) is 0 Å². The van der Waals surface area contributed by atoms with Crippen molar-refractivity contribution in [1.82, 2.24) is 0 Å². The number of hydrogen-bond donors (Lipinski definition) is 6. The largest absolute Gasteiger partial charge is 0.451 e. The predicted octanol–water partition coefficient (Wildman–Crippen LogP) is -4.51. The Balaban J connectivity index is 4.58. The zero-order chi connectivity index (χ0) is 14.3. The van der Waals surface area contributed by atoms with Crippen molar-refractivity contribution in [2.75, 3.05) is 13.2 Å². The van der Waals surface area contributed by atoms with Gasteiger partial charge in [-0.05, 0) is 0 Å². The molecule has 0 aliphatic rings. The van der Waals surface area contributed by atoms with Crippen LogP contribution in [-0.4, -0.2) is 81.5 Å². The lowest BCUT2D eigenvalue weighted by Crippen LogP contribution is -2.49. The SMILES string of the molecule is N[C@@H](CO)C(=O)O[C@H](C=O)[C@@H](O)[C@H](O)[C@H](O)CO. The lowest BCUT2D eigenvalue weighted by atomic mass is 10.0. The Kier molecular flexibility index (Phi) is 7.59. The second-order valence-corrected chi connectivity index (χ2v) is 3.56. The van der Waals surface area contributed by atoms with Crippen molar-refractivity contribution in [2.24, 2.45) is 5.73 Å². The maximum atomic E-state index is 11.1. The highest BCUT2D eigenvalue weighted by Gasteiger charge is 2.34. The van der Waals surface area contributed by atoms with E-state index >= 15 is 0 Å². The lowest BCUT2D eigenvalue weighted by Gasteiger charge is -2.25. The summed E-state index contributed by atoms with van der Waals surface area (Å²) in [5.41, 5.74) is 5.11. The minimum Gasteiger partial charge on any atom is -0.451 e. The summed E-state index contributed by atoms with van der Waals surface area (Å²) in [7, 11) is 0. The summed E-state index contributed by atoms with van der Waals surface area (Å²) in [5, 5.41) is 44.9. The van der Waals surface area contributed by atoms with E-state index in [0.29, 0.717) is 0 Å². The van der Waals surface area contributed by atoms with Crippen LogP contribution in [0.25, 0.3) is 0 Å². The summed E-state index contributed by atoms with van der Waals surface area (Å²) in [6, 6.07) is -1.39. The van der Waals surface area contributed by atoms with E-state index < -0.39 is 49.6 Å². The van der Waals surface area contributed by atoms with Crippen molar-refractivity contribution in [3.05, 3.63) is 0 Å². The van der Waals surface area contributed by atoms with Crippen molar-refractivity contribution in [3.8, 4) is 0 Å². The van der Waals surface area contributed by atoms with Crippen LogP contribution < -0.4 is 5.73 Å². The van der Waals surface area contributed by atoms with Gasteiger partial charge in [0.25, 0.3) is 0 Å². The van der Waals surface area contributed by atoms with Crippen LogP contribution in [0.15, 0.2) is 0 Å². The van der Waals surface area contributed by atoms with Crippen LogP contribution in [0.3, 0.4) is 0 Å². The van der Waals surface area contributed by atoms with Gasteiger partial charge in [-0.15, -0.1) is 0 Å². The number of esters is 1. The molecule has 0 fully saturated rings. The van der Waals surface area contributed by atoms with Gasteiger partial charge in [0.2, 0.25) is 0 Å². The molecule has 7 N–H and O–H groups in total. The van der Waals surface area contributed by atoms with E-state index in [0.717, 1.165) is 0 Å². The minimum atomic E-state index is -1.93. The zero-order valence-corrected chi connectivity index (χ0v) is 9.42. The predicted molar refractivity (Wildman–Crippen MR) is 56.1 cm³/mol. The third kappa shape index (κ3) is 4.64. The molecule has 0 aliphatic carbocycles. The molecule has 0 spiro atoms. The Bertz CT molecular complexity index is 273. The molecule has 0 aromatic rings. The van der Waals surface area contributed by atoms with Crippen molar-refractivity contribution in [2.45, 2.75) is 30.5 Å². The highest BCUT2D eigenvalue weighted by molar-refractivity contribution is 5.78. The quantitative estimate of drug-likeness (QED) is 0.187. The monoisotopic (exact) mass is 267 g/mol. The van der Waals surface area contributed by atoms with Gasteiger partial charge in [0.05, 0.1) is 13.2 Å². The average molecular weight is 267 g/mol. The lowest BCUT2D eigenvalue weighted by molar-refractivity contribution is -0.169. The molecule has 0 rings (SSSR count). The molecule has 9 heteroatoms. The number of ether oxygens (including phenoxy) is 1. The van der Waals surface area contributed by atoms with Crippen LogP contribution in [0.2, 0.25) is 0 Å². The normalized spacial score (nSPS) is 19.4. The standard InChI is InChI=1S/C9H17NO8/c10-4(1-11)9(17)18-6(3-13)8(16)7(15)5(14)2-12/h3-8,11-12,14-16H,1-2,10H2/t4-,5+,6+,7+,8+/m0/s1. The molecular formula is C9H17NO8. The zero-order valence-electron chi connectivity index (χ0n) is 9.42. The van der Waals surface area contributed by atoms with Crippen molar-refractivity contribution in [3.63, 3.8) is 0 Å². The molecule has 0 saturated heterocycles. The number of carbonyl (C=O) groups is 2. The summed E-state index contributed by atoms with van der Waals surface area (Å²) in [6.07, 6.45) is -7.26. The average Bonchev–Trinajstić information content (AvgIpc) is 2.40. The fourth-order valence-electron chi connectivity index (χ4n) is 1.00. The van der Waals surface area contributed by atoms with Gasteiger partial charge in [-0.3, -0.25) is 9.59 Å². The summed E-state index contributed by atoms with van der Waals surface area (Å²) < 4.78 is 4.44. The first-order valence-electron chi connectivity index (χ1n) is 5.06. The molecule has 0 aromatic heterocycles. The molecule has 0 bridgehead atoms. The minimum absolute atomic E-state index is 0.0278. The summed E-state index contributed by atoms with van der Waals surface area (Å²) in [6.45, 7) is -1.57. The van der Waals surface area contributed by atoms with Gasteiger partial charge in [-0.25, -0.2) is 0 Å². The third-order valence-electron chi connectivity index (χ3n) is 2.15. The van der Waals surface area contributed by atoms with Gasteiger partial charge >= 0.3 is 5.97 Å². The molecule has 5 atom stereocenters. The van der Waals surface area contributed by atoms with E-state index in [-0.39, 0.29) is 6.29 Å². The Morgan fingerprint density at radius 2 is 1.72 bits per heavy atom. The van der Waals surface area contributed by atoms with E-state index in [9.17, 15) is 19.8 Å². The molecule has 0 aliphatic heterocycles. The molecule has 106 valence electrons. The third-order valence-corrected chi connectivity index (χ3v) is 2.15. The van der Waals surface area contributed by atoms with Crippen LogP contribution in [0.4, 0.5) is 0 Å². The number of aldehydes is 1. The van der Waals surface area contributed by atoms with Crippen LogP contribution in [0, 0.1) is 0 Å². The smallest absolute Gasteiger partial charge is 0.326 e. The maximum absolute atomic E-state index is 11.1. The van der Waals surface area contributed by atoms with Gasteiger partial charge in [0, 0.05) is 0 Å². The van der Waals surface area contributed by atoms with Crippen LogP contribution in [0.5, 0.6) is 0 Å². The second-order valence-electron chi connectivity index (χ2n) is 3.56. The van der Waals surface area contributed by atoms with Gasteiger partial charge in [0.15, 0.2) is 12.4 Å². The Hall–Kier alpha value is -1.10. The van der Waals surface area contributed by atoms with E-state index in [2.05, 4.69) is 4.74 Å². The molecule has 18 heavy (non-hydrogen) atoms. The van der Waals surface area contributed by atoms with Gasteiger partial charge in [0.1, 0.15) is 24.4 Å². The number of aliphatic hydroxyl groups is 5. The summed E-state index contributed by atoms with van der Waals surface area (Å²) in [4.78, 5) is 21.8. The number of aliphatic hydroxyl groups excluding tert-OH is 5. The fourth-order valence-corrected chi connectivity index (χ4v) is 1.00. The van der Waals surface area contributed by atoms with Gasteiger partial charge in [-0.1, -0.05) is 0 Å². The van der Waals surface area contributed by atoms with Crippen molar-refractivity contribution in [1.29, 1.82) is 0 Å². The number of carbonyl (C=O) groups excluding carboxylic acids is 2. The van der Waals surface area contributed by atoms with E-state index in [1.54, 1.807) is 0 Å². The number of hydrogen-bond acceptors (Lipinski definition) is 9. The highest BCUT2D eigenvalue weighted by Crippen LogP contribution is 2.07. The van der Waals surface area contributed by atoms with Crippen LogP contribution >= 0.6 is 0 Å². The Morgan fingerprint density at radius 1 is 1.17 bits per heavy atom. The summed E-state index contributed by atoms with van der Waals surface area (Å²) in [5.74, 6) is -1.15. The topological polar surface area (TPSA) is 171 Å². The molecule has 9 nitrogen and oxygen atoms in total. The number of rotatable bonds is 8. The molecule has 0 amide bonds. The molecule has 0 heterocycles. The maximum Gasteiger partial charge on any atom is 0.326 e. The first-order valence-corrected chi connectivity index (χ1v) is 5.06. The molecule has 0 saturated carbocycles. The summed E-state index contributed by atoms with van der Waals surface area (Å²) >= 11 is 0. The van der Waals surface area contributed by atoms with E-state index in [4.69, 9.17) is 21.1 Å². The van der Waals surface area contributed by atoms with Crippen molar-refractivity contribution < 1.29 is 39.9 Å². The second kappa shape index (κ2) is 8.08. The first kappa shape index (κ1) is 16.9. The first-order chi connectivity index (χ1) is 8.38. The van der Waals surface area contributed by atoms with Crippen LogP contribution in [-0.2, 0) is 14.3 Å². The molecule has 0 unspecified atom stereocenters. The van der Waals surface area contributed by atoms with Crippen LogP contribution in [0.1, 0.15) is 0 Å². The Labute approximate surface area is 102 Å². The molecule has 0 radical (unpaired) electrons. The fraction of sp³-hybridized carbons (Fsp3) is 0.778. The molecule has 0 aromatic carbocycles. The van der Waals surface area contributed by atoms with Gasteiger partial charge < -0.3 is 36.0 Å².